The van der Waals surface area contributed by atoms with Gasteiger partial charge in [-0.2, -0.15) is 5.10 Å². The zero-order chi connectivity index (χ0) is 12.5. The monoisotopic (exact) mass is 243 g/mol. The van der Waals surface area contributed by atoms with Gasteiger partial charge in [0.15, 0.2) is 0 Å². The van der Waals surface area contributed by atoms with E-state index >= 15 is 0 Å². The Bertz CT molecular complexity index is 574. The van der Waals surface area contributed by atoms with Crippen molar-refractivity contribution >= 4 is 5.82 Å². The number of nitrogens with one attached hydrogen (secondary N) is 1. The SMILES string of the molecule is COc1cccc(-c2nn(C)c3c2CCCN3)c1. The normalized spacial score (nSPS) is 13.9. The topological polar surface area (TPSA) is 39.1 Å². The number of aromatic nitrogens is 2. The van der Waals surface area contributed by atoms with Crippen LogP contribution in [0.3, 0.4) is 0 Å². The smallest absolute Gasteiger partial charge is 0.127 e. The summed E-state index contributed by atoms with van der Waals surface area (Å²) in [7, 11) is 3.68. The van der Waals surface area contributed by atoms with Crippen LogP contribution in [-0.4, -0.2) is 23.4 Å². The number of rotatable bonds is 2. The number of ether oxygens (including phenoxy) is 1. The molecular weight excluding hydrogens is 226 g/mol. The molecule has 1 aliphatic rings. The van der Waals surface area contributed by atoms with Crippen molar-refractivity contribution in [3.05, 3.63) is 29.8 Å². The lowest BCUT2D eigenvalue weighted by molar-refractivity contribution is 0.415. The van der Waals surface area contributed by atoms with Crippen molar-refractivity contribution in [2.75, 3.05) is 19.0 Å². The number of benzene rings is 1. The molecule has 0 fully saturated rings. The van der Waals surface area contributed by atoms with Gasteiger partial charge in [0.25, 0.3) is 0 Å². The molecule has 2 aromatic rings. The summed E-state index contributed by atoms with van der Waals surface area (Å²) in [4.78, 5) is 0. The Hall–Kier alpha value is -1.97. The lowest BCUT2D eigenvalue weighted by Crippen LogP contribution is -2.13. The quantitative estimate of drug-likeness (QED) is 0.880. The molecular formula is C14H17N3O. The van der Waals surface area contributed by atoms with Gasteiger partial charge in [-0.1, -0.05) is 12.1 Å². The van der Waals surface area contributed by atoms with Crippen LogP contribution in [0.4, 0.5) is 5.82 Å². The second kappa shape index (κ2) is 4.37. The molecule has 0 saturated heterocycles. The average Bonchev–Trinajstić information content (AvgIpc) is 2.77. The third-order valence-corrected chi connectivity index (χ3v) is 3.38. The highest BCUT2D eigenvalue weighted by atomic mass is 16.5. The van der Waals surface area contributed by atoms with E-state index in [0.29, 0.717) is 0 Å². The van der Waals surface area contributed by atoms with Gasteiger partial charge in [0.2, 0.25) is 0 Å². The first-order valence-electron chi connectivity index (χ1n) is 6.24. The lowest BCUT2D eigenvalue weighted by atomic mass is 10.0. The number of aryl methyl sites for hydroxylation is 1. The van der Waals surface area contributed by atoms with E-state index < -0.39 is 0 Å². The van der Waals surface area contributed by atoms with Crippen molar-refractivity contribution in [3.63, 3.8) is 0 Å². The van der Waals surface area contributed by atoms with Crippen LogP contribution in [0.2, 0.25) is 0 Å². The molecule has 1 aromatic carbocycles. The highest BCUT2D eigenvalue weighted by molar-refractivity contribution is 5.71. The van der Waals surface area contributed by atoms with Crippen molar-refractivity contribution in [2.24, 2.45) is 7.05 Å². The molecule has 18 heavy (non-hydrogen) atoms. The minimum absolute atomic E-state index is 0.871. The van der Waals surface area contributed by atoms with E-state index in [-0.39, 0.29) is 0 Å². The van der Waals surface area contributed by atoms with Gasteiger partial charge in [-0.3, -0.25) is 4.68 Å². The molecule has 0 amide bonds. The van der Waals surface area contributed by atoms with E-state index in [1.165, 1.54) is 5.56 Å². The average molecular weight is 243 g/mol. The number of methoxy groups -OCH3 is 1. The van der Waals surface area contributed by atoms with Crippen molar-refractivity contribution in [1.29, 1.82) is 0 Å². The number of hydrogen-bond acceptors (Lipinski definition) is 3. The first-order valence-corrected chi connectivity index (χ1v) is 6.24. The molecule has 2 heterocycles. The zero-order valence-electron chi connectivity index (χ0n) is 10.7. The molecule has 0 saturated carbocycles. The number of fused-ring (bicyclic) bond motifs is 1. The molecule has 1 aromatic heterocycles. The molecule has 94 valence electrons. The molecule has 0 unspecified atom stereocenters. The predicted octanol–water partition coefficient (Wildman–Crippen LogP) is 2.45. The summed E-state index contributed by atoms with van der Waals surface area (Å²) in [5, 5.41) is 8.06. The van der Waals surface area contributed by atoms with Crippen molar-refractivity contribution in [3.8, 4) is 17.0 Å². The minimum atomic E-state index is 0.871. The number of anilines is 1. The molecule has 0 bridgehead atoms. The van der Waals surface area contributed by atoms with Crippen LogP contribution in [0.1, 0.15) is 12.0 Å². The lowest BCUT2D eigenvalue weighted by Gasteiger charge is -2.15. The molecule has 1 aliphatic heterocycles. The van der Waals surface area contributed by atoms with Gasteiger partial charge in [0.1, 0.15) is 11.6 Å². The van der Waals surface area contributed by atoms with E-state index in [1.54, 1.807) is 7.11 Å². The summed E-state index contributed by atoms with van der Waals surface area (Å²) in [5.74, 6) is 2.02. The summed E-state index contributed by atoms with van der Waals surface area (Å²) < 4.78 is 7.21. The van der Waals surface area contributed by atoms with Gasteiger partial charge in [0, 0.05) is 24.7 Å². The molecule has 0 aliphatic carbocycles. The molecule has 0 radical (unpaired) electrons. The van der Waals surface area contributed by atoms with Crippen LogP contribution in [0.25, 0.3) is 11.3 Å². The highest BCUT2D eigenvalue weighted by Gasteiger charge is 2.20. The van der Waals surface area contributed by atoms with Gasteiger partial charge >= 0.3 is 0 Å². The van der Waals surface area contributed by atoms with Crippen molar-refractivity contribution < 1.29 is 4.74 Å². The summed E-state index contributed by atoms with van der Waals surface area (Å²) in [5.41, 5.74) is 3.51. The Morgan fingerprint density at radius 1 is 1.39 bits per heavy atom. The van der Waals surface area contributed by atoms with Crippen LogP contribution in [-0.2, 0) is 13.5 Å². The highest BCUT2D eigenvalue weighted by Crippen LogP contribution is 2.33. The third-order valence-electron chi connectivity index (χ3n) is 3.38. The molecule has 4 nitrogen and oxygen atoms in total. The fourth-order valence-electron chi connectivity index (χ4n) is 2.50. The Balaban J connectivity index is 2.11. The summed E-state index contributed by atoms with van der Waals surface area (Å²) >= 11 is 0. The van der Waals surface area contributed by atoms with E-state index in [2.05, 4.69) is 16.5 Å². The molecule has 0 spiro atoms. The first kappa shape index (κ1) is 11.1. The van der Waals surface area contributed by atoms with Crippen molar-refractivity contribution in [1.82, 2.24) is 9.78 Å². The van der Waals surface area contributed by atoms with Gasteiger partial charge < -0.3 is 10.1 Å². The maximum atomic E-state index is 5.28. The fraction of sp³-hybridized carbons (Fsp3) is 0.357. The Kier molecular flexibility index (Phi) is 2.70. The Morgan fingerprint density at radius 3 is 3.11 bits per heavy atom. The standard InChI is InChI=1S/C14H17N3O/c1-17-14-12(7-4-8-15-14)13(16-17)10-5-3-6-11(9-10)18-2/h3,5-6,9,15H,4,7-8H2,1-2H3. The third kappa shape index (κ3) is 1.74. The van der Waals surface area contributed by atoms with Crippen LogP contribution >= 0.6 is 0 Å². The Labute approximate surface area is 107 Å². The first-order chi connectivity index (χ1) is 8.79. The van der Waals surface area contributed by atoms with Gasteiger partial charge in [-0.25, -0.2) is 0 Å². The van der Waals surface area contributed by atoms with Crippen molar-refractivity contribution in [2.45, 2.75) is 12.8 Å². The molecule has 1 N–H and O–H groups in total. The number of hydrogen-bond donors (Lipinski definition) is 1. The van der Waals surface area contributed by atoms with Crippen LogP contribution in [0, 0.1) is 0 Å². The van der Waals surface area contributed by atoms with Crippen LogP contribution in [0.5, 0.6) is 5.75 Å². The summed E-state index contributed by atoms with van der Waals surface area (Å²) in [6.45, 7) is 1.03. The largest absolute Gasteiger partial charge is 0.497 e. The minimum Gasteiger partial charge on any atom is -0.497 e. The second-order valence-electron chi connectivity index (χ2n) is 4.56. The van der Waals surface area contributed by atoms with E-state index in [4.69, 9.17) is 4.74 Å². The van der Waals surface area contributed by atoms with Crippen LogP contribution in [0.15, 0.2) is 24.3 Å². The van der Waals surface area contributed by atoms with E-state index in [1.807, 2.05) is 29.9 Å². The predicted molar refractivity (Wildman–Crippen MR) is 72.0 cm³/mol. The van der Waals surface area contributed by atoms with E-state index in [0.717, 1.165) is 42.2 Å². The fourth-order valence-corrected chi connectivity index (χ4v) is 2.50. The van der Waals surface area contributed by atoms with Gasteiger partial charge in [-0.15, -0.1) is 0 Å². The molecule has 3 rings (SSSR count). The molecule has 0 atom stereocenters. The van der Waals surface area contributed by atoms with E-state index in [9.17, 15) is 0 Å². The Morgan fingerprint density at radius 2 is 2.28 bits per heavy atom. The van der Waals surface area contributed by atoms with Gasteiger partial charge in [-0.05, 0) is 25.0 Å². The summed E-state index contributed by atoms with van der Waals surface area (Å²) in [6.07, 6.45) is 2.25. The maximum absolute atomic E-state index is 5.28. The summed E-state index contributed by atoms with van der Waals surface area (Å²) in [6, 6.07) is 8.08. The number of nitrogens with zero attached hydrogens (tertiary/aromatic N) is 2. The molecule has 4 heteroatoms. The zero-order valence-corrected chi connectivity index (χ0v) is 10.7. The second-order valence-corrected chi connectivity index (χ2v) is 4.56. The van der Waals surface area contributed by atoms with Crippen LogP contribution < -0.4 is 10.1 Å². The maximum Gasteiger partial charge on any atom is 0.127 e. The van der Waals surface area contributed by atoms with Gasteiger partial charge in [0.05, 0.1) is 12.8 Å².